The minimum atomic E-state index is -1.02. The first-order valence-electron chi connectivity index (χ1n) is 6.66. The molecule has 2 aromatic carbocycles. The predicted molar refractivity (Wildman–Crippen MR) is 95.8 cm³/mol. The Hall–Kier alpha value is -1.79. The Kier molecular flexibility index (Phi) is 6.24. The van der Waals surface area contributed by atoms with Crippen LogP contribution in [0.2, 0.25) is 0 Å². The lowest BCUT2D eigenvalue weighted by molar-refractivity contribution is -0.131. The van der Waals surface area contributed by atoms with Gasteiger partial charge >= 0.3 is 5.97 Å². The average Bonchev–Trinajstić information content (AvgIpc) is 2.55. The Balaban J connectivity index is 2.32. The molecule has 0 aliphatic rings. The normalized spacial score (nSPS) is 10.7. The van der Waals surface area contributed by atoms with Gasteiger partial charge in [-0.25, -0.2) is 4.79 Å². The first-order valence-corrected chi connectivity index (χ1v) is 8.25. The molecule has 120 valence electrons. The van der Waals surface area contributed by atoms with Crippen LogP contribution in [0.4, 0.5) is 0 Å². The van der Waals surface area contributed by atoms with Crippen molar-refractivity contribution < 1.29 is 19.4 Å². The summed E-state index contributed by atoms with van der Waals surface area (Å²) in [6.45, 7) is 0.395. The third-order valence-corrected chi connectivity index (χ3v) is 5.15. The Labute approximate surface area is 151 Å². The van der Waals surface area contributed by atoms with Crippen molar-refractivity contribution in [1.29, 1.82) is 0 Å². The maximum atomic E-state index is 10.7. The van der Waals surface area contributed by atoms with Crippen LogP contribution < -0.4 is 9.47 Å². The third kappa shape index (κ3) is 4.59. The van der Waals surface area contributed by atoms with E-state index in [1.54, 1.807) is 6.07 Å². The Morgan fingerprint density at radius 3 is 2.52 bits per heavy atom. The largest absolute Gasteiger partial charge is 0.493 e. The lowest BCUT2D eigenvalue weighted by atomic mass is 10.2. The number of methoxy groups -OCH3 is 1. The summed E-state index contributed by atoms with van der Waals surface area (Å²) in [6, 6.07) is 11.5. The molecule has 0 aromatic heterocycles. The zero-order valence-electron chi connectivity index (χ0n) is 12.3. The molecule has 1 N–H and O–H groups in total. The van der Waals surface area contributed by atoms with Gasteiger partial charge in [0.1, 0.15) is 6.61 Å². The minimum Gasteiger partial charge on any atom is -0.493 e. The highest BCUT2D eigenvalue weighted by atomic mass is 79.9. The van der Waals surface area contributed by atoms with E-state index in [9.17, 15) is 4.79 Å². The van der Waals surface area contributed by atoms with Crippen LogP contribution in [-0.4, -0.2) is 18.2 Å². The Bertz CT molecular complexity index is 727. The van der Waals surface area contributed by atoms with Crippen LogP contribution in [0.3, 0.4) is 0 Å². The quantitative estimate of drug-likeness (QED) is 0.648. The van der Waals surface area contributed by atoms with Crippen molar-refractivity contribution in [2.75, 3.05) is 7.11 Å². The molecule has 0 aliphatic heterocycles. The topological polar surface area (TPSA) is 55.8 Å². The van der Waals surface area contributed by atoms with Crippen molar-refractivity contribution in [2.45, 2.75) is 6.61 Å². The summed E-state index contributed by atoms with van der Waals surface area (Å²) in [7, 11) is 1.54. The molecular weight excluding hydrogens is 428 g/mol. The number of carbonyl (C=O) groups is 1. The summed E-state index contributed by atoms with van der Waals surface area (Å²) in [4.78, 5) is 10.7. The maximum Gasteiger partial charge on any atom is 0.328 e. The lowest BCUT2D eigenvalue weighted by Gasteiger charge is -2.15. The van der Waals surface area contributed by atoms with Crippen molar-refractivity contribution >= 4 is 43.9 Å². The number of hydrogen-bond donors (Lipinski definition) is 1. The molecule has 0 radical (unpaired) electrons. The molecule has 2 aromatic rings. The van der Waals surface area contributed by atoms with Crippen LogP contribution in [0.5, 0.6) is 11.5 Å². The molecule has 23 heavy (non-hydrogen) atoms. The number of halogens is 2. The molecular formula is C17H14Br2O4. The molecule has 0 aliphatic carbocycles. The van der Waals surface area contributed by atoms with E-state index >= 15 is 0 Å². The smallest absolute Gasteiger partial charge is 0.328 e. The molecule has 0 unspecified atom stereocenters. The second-order valence-corrected chi connectivity index (χ2v) is 6.16. The van der Waals surface area contributed by atoms with Crippen molar-refractivity contribution in [3.63, 3.8) is 0 Å². The van der Waals surface area contributed by atoms with E-state index < -0.39 is 5.97 Å². The fraction of sp³-hybridized carbons (Fsp3) is 0.118. The van der Waals surface area contributed by atoms with Crippen molar-refractivity contribution in [1.82, 2.24) is 0 Å². The second-order valence-electron chi connectivity index (χ2n) is 4.57. The molecule has 4 nitrogen and oxygen atoms in total. The van der Waals surface area contributed by atoms with Gasteiger partial charge < -0.3 is 14.6 Å². The molecule has 2 rings (SSSR count). The minimum absolute atomic E-state index is 0.395. The summed E-state index contributed by atoms with van der Waals surface area (Å²) in [5.74, 6) is 0.0492. The number of rotatable bonds is 6. The number of benzene rings is 2. The molecule has 0 saturated carbocycles. The predicted octanol–water partition coefficient (Wildman–Crippen LogP) is 4.90. The number of carboxylic acid groups (broad SMARTS) is 1. The van der Waals surface area contributed by atoms with Gasteiger partial charge in [0.05, 0.1) is 11.6 Å². The number of carboxylic acids is 1. The SMILES string of the molecule is COc1cc(C=CC(=O)O)c(Br)c(Br)c1OCc1ccccc1. The number of ether oxygens (including phenoxy) is 2. The summed E-state index contributed by atoms with van der Waals surface area (Å²) in [5.41, 5.74) is 1.70. The second kappa shape index (κ2) is 8.17. The highest BCUT2D eigenvalue weighted by molar-refractivity contribution is 9.13. The zero-order chi connectivity index (χ0) is 16.8. The lowest BCUT2D eigenvalue weighted by Crippen LogP contribution is -2.00. The van der Waals surface area contributed by atoms with Gasteiger partial charge in [0.15, 0.2) is 11.5 Å². The van der Waals surface area contributed by atoms with E-state index in [-0.39, 0.29) is 0 Å². The van der Waals surface area contributed by atoms with Crippen molar-refractivity contribution in [2.24, 2.45) is 0 Å². The Morgan fingerprint density at radius 1 is 1.22 bits per heavy atom. The van der Waals surface area contributed by atoms with Gasteiger partial charge in [-0.2, -0.15) is 0 Å². The van der Waals surface area contributed by atoms with Gasteiger partial charge in [-0.15, -0.1) is 0 Å². The number of hydrogen-bond acceptors (Lipinski definition) is 3. The summed E-state index contributed by atoms with van der Waals surface area (Å²) in [6.07, 6.45) is 2.55. The molecule has 0 saturated heterocycles. The van der Waals surface area contributed by atoms with E-state index in [1.165, 1.54) is 13.2 Å². The molecule has 0 atom stereocenters. The molecule has 0 fully saturated rings. The van der Waals surface area contributed by atoms with E-state index in [1.807, 2.05) is 30.3 Å². The van der Waals surface area contributed by atoms with Crippen LogP contribution >= 0.6 is 31.9 Å². The standard InChI is InChI=1S/C17H14Br2O4/c1-22-13-9-12(7-8-14(20)21)15(18)16(19)17(13)23-10-11-5-3-2-4-6-11/h2-9H,10H2,1H3,(H,20,21). The first kappa shape index (κ1) is 17.6. The van der Waals surface area contributed by atoms with E-state index in [2.05, 4.69) is 31.9 Å². The van der Waals surface area contributed by atoms with Crippen molar-refractivity contribution in [3.8, 4) is 11.5 Å². The zero-order valence-corrected chi connectivity index (χ0v) is 15.4. The monoisotopic (exact) mass is 440 g/mol. The summed E-state index contributed by atoms with van der Waals surface area (Å²) >= 11 is 6.91. The van der Waals surface area contributed by atoms with Gasteiger partial charge in [0, 0.05) is 10.5 Å². The highest BCUT2D eigenvalue weighted by Crippen LogP contribution is 2.43. The van der Waals surface area contributed by atoms with E-state index in [4.69, 9.17) is 14.6 Å². The van der Waals surface area contributed by atoms with Gasteiger partial charge in [0.25, 0.3) is 0 Å². The fourth-order valence-corrected chi connectivity index (χ4v) is 2.87. The van der Waals surface area contributed by atoms with Gasteiger partial charge in [0.2, 0.25) is 0 Å². The molecule has 0 spiro atoms. The van der Waals surface area contributed by atoms with E-state index in [0.717, 1.165) is 11.6 Å². The number of aliphatic carboxylic acids is 1. The van der Waals surface area contributed by atoms with Gasteiger partial charge in [-0.05, 0) is 55.1 Å². The first-order chi connectivity index (χ1) is 11.0. The molecule has 6 heteroatoms. The van der Waals surface area contributed by atoms with Crippen LogP contribution in [0.1, 0.15) is 11.1 Å². The molecule has 0 heterocycles. The summed E-state index contributed by atoms with van der Waals surface area (Å²) in [5, 5.41) is 8.76. The maximum absolute atomic E-state index is 10.7. The van der Waals surface area contributed by atoms with Crippen LogP contribution in [0.15, 0.2) is 51.4 Å². The fourth-order valence-electron chi connectivity index (χ4n) is 1.90. The van der Waals surface area contributed by atoms with Crippen molar-refractivity contribution in [3.05, 3.63) is 62.5 Å². The van der Waals surface area contributed by atoms with Crippen LogP contribution in [0, 0.1) is 0 Å². The average molecular weight is 442 g/mol. The summed E-state index contributed by atoms with van der Waals surface area (Å²) < 4.78 is 12.6. The molecule has 0 bridgehead atoms. The Morgan fingerprint density at radius 2 is 1.91 bits per heavy atom. The molecule has 0 amide bonds. The van der Waals surface area contributed by atoms with Crippen LogP contribution in [0.25, 0.3) is 6.08 Å². The van der Waals surface area contributed by atoms with Gasteiger partial charge in [-0.3, -0.25) is 0 Å². The third-order valence-electron chi connectivity index (χ3n) is 3.01. The highest BCUT2D eigenvalue weighted by Gasteiger charge is 2.16. The van der Waals surface area contributed by atoms with Crippen LogP contribution in [-0.2, 0) is 11.4 Å². The van der Waals surface area contributed by atoms with E-state index in [0.29, 0.717) is 32.6 Å². The van der Waals surface area contributed by atoms with Gasteiger partial charge in [-0.1, -0.05) is 30.3 Å².